The van der Waals surface area contributed by atoms with Crippen LogP contribution in [-0.2, 0) is 0 Å². The normalized spacial score (nSPS) is 12.6. The molecule has 4 heterocycles. The average Bonchev–Trinajstić information content (AvgIpc) is 1.53. The maximum Gasteiger partial charge on any atom is 0.264 e. The van der Waals surface area contributed by atoms with Crippen molar-refractivity contribution in [3.8, 4) is 77.9 Å². The molecule has 548 valence electrons. The predicted octanol–water partition coefficient (Wildman–Crippen LogP) is 29.3. The van der Waals surface area contributed by atoms with Gasteiger partial charge in [0.2, 0.25) is 0 Å². The Morgan fingerprint density at radius 3 is 0.992 bits per heavy atom. The average molecular weight is 1520 g/mol. The molecule has 0 aliphatic rings. The standard InChI is InChI=1S/C114H60N4O2/c119-113-94-23-9-21-89-86(71-32-25-61-11-1-3-13-68(61)47-71)43-45-92(107(89)94)111-115-109-96(72-33-26-62-12-2-4-14-69(62)48-72)56-82(60-99(109)117(111)113)80-49-70-15-5-6-20-85(70)98(58-80)88-41-39-67-31-38-77-54-84(55-78-40-42-91(88)106(67)105(77)78)97-57-81(79-50-73-34-27-63-16-7-17-64-28-35-74(51-79)103(73)101(63)64)59-100-110(97)116-112-93-46-44-87(90-22-10-24-95(108(90)93)114(120)118(100)112)83-52-75-36-29-65-18-8-19-66-30-37-76(53-83)104(75)102(65)66/h1-60H. The van der Waals surface area contributed by atoms with Gasteiger partial charge < -0.3 is 0 Å². The van der Waals surface area contributed by atoms with Crippen LogP contribution in [0, 0.1) is 0 Å². The Hall–Kier alpha value is -16.0. The van der Waals surface area contributed by atoms with E-state index in [-0.39, 0.29) is 11.1 Å². The van der Waals surface area contributed by atoms with Gasteiger partial charge in [0.1, 0.15) is 11.3 Å². The molecule has 0 spiro atoms. The first-order chi connectivity index (χ1) is 59.2. The Bertz CT molecular complexity index is 9480. The monoisotopic (exact) mass is 1520 g/mol. The van der Waals surface area contributed by atoms with E-state index >= 15 is 9.59 Å². The molecule has 0 saturated carbocycles. The summed E-state index contributed by atoms with van der Waals surface area (Å²) in [5, 5.41) is 35.5. The predicted molar refractivity (Wildman–Crippen MR) is 506 cm³/mol. The summed E-state index contributed by atoms with van der Waals surface area (Å²) in [6.45, 7) is 0. The van der Waals surface area contributed by atoms with E-state index in [4.69, 9.17) is 9.97 Å². The molecule has 0 N–H and O–H groups in total. The second kappa shape index (κ2) is 23.4. The molecule has 6 heteroatoms. The van der Waals surface area contributed by atoms with Gasteiger partial charge in [-0.05, 0) is 316 Å². The molecule has 0 unspecified atom stereocenters. The lowest BCUT2D eigenvalue weighted by Crippen LogP contribution is -2.13. The smallest absolute Gasteiger partial charge is 0.264 e. The van der Waals surface area contributed by atoms with Crippen molar-refractivity contribution in [3.63, 3.8) is 0 Å². The number of aromatic nitrogens is 4. The summed E-state index contributed by atoms with van der Waals surface area (Å²) in [4.78, 5) is 43.2. The largest absolute Gasteiger partial charge is 0.268 e. The van der Waals surface area contributed by atoms with Crippen LogP contribution in [0.2, 0.25) is 0 Å². The molecule has 120 heavy (non-hydrogen) atoms. The molecule has 0 aliphatic heterocycles. The van der Waals surface area contributed by atoms with Crippen molar-refractivity contribution in [2.75, 3.05) is 0 Å². The first-order valence-corrected chi connectivity index (χ1v) is 41.2. The molecule has 0 amide bonds. The molecular formula is C114H60N4O2. The molecule has 0 bridgehead atoms. The van der Waals surface area contributed by atoms with E-state index in [1.54, 1.807) is 0 Å². The Balaban J connectivity index is 0.631. The van der Waals surface area contributed by atoms with Gasteiger partial charge in [0.25, 0.3) is 11.1 Å². The highest BCUT2D eigenvalue weighted by molar-refractivity contribution is 6.30. The fraction of sp³-hybridized carbons (Fsp3) is 0. The van der Waals surface area contributed by atoms with E-state index in [0.717, 1.165) is 175 Å². The third-order valence-corrected chi connectivity index (χ3v) is 27.0. The van der Waals surface area contributed by atoms with Crippen molar-refractivity contribution in [1.82, 2.24) is 18.8 Å². The zero-order valence-corrected chi connectivity index (χ0v) is 64.2. The van der Waals surface area contributed by atoms with Crippen LogP contribution < -0.4 is 11.1 Å². The van der Waals surface area contributed by atoms with Crippen LogP contribution in [0.5, 0.6) is 0 Å². The number of nitrogens with zero attached hydrogens (tertiary/aromatic N) is 4. The third-order valence-electron chi connectivity index (χ3n) is 27.0. The highest BCUT2D eigenvalue weighted by Gasteiger charge is 2.27. The van der Waals surface area contributed by atoms with Gasteiger partial charge in [-0.1, -0.05) is 255 Å². The quantitative estimate of drug-likeness (QED) is 0.149. The molecule has 0 radical (unpaired) electrons. The van der Waals surface area contributed by atoms with E-state index in [2.05, 4.69) is 340 Å². The summed E-state index contributed by atoms with van der Waals surface area (Å²) in [6.07, 6.45) is 0. The second-order valence-electron chi connectivity index (χ2n) is 33.3. The van der Waals surface area contributed by atoms with Crippen LogP contribution in [0.15, 0.2) is 374 Å². The lowest BCUT2D eigenvalue weighted by Gasteiger charge is -2.18. The Morgan fingerprint density at radius 2 is 0.467 bits per heavy atom. The lowest BCUT2D eigenvalue weighted by molar-refractivity contribution is 1.19. The maximum absolute atomic E-state index is 16.0. The number of fused-ring (bicyclic) bond motifs is 11. The molecule has 28 rings (SSSR count). The zero-order chi connectivity index (χ0) is 78.2. The number of hydrogen-bond acceptors (Lipinski definition) is 4. The second-order valence-corrected chi connectivity index (χ2v) is 33.3. The van der Waals surface area contributed by atoms with Crippen molar-refractivity contribution in [3.05, 3.63) is 385 Å². The van der Waals surface area contributed by atoms with Gasteiger partial charge in [-0.25, -0.2) is 9.97 Å². The molecular weight excluding hydrogens is 1460 g/mol. The molecule has 0 fully saturated rings. The topological polar surface area (TPSA) is 68.7 Å². The molecule has 24 aromatic carbocycles. The number of pyridine rings is 2. The van der Waals surface area contributed by atoms with Gasteiger partial charge in [-0.15, -0.1) is 0 Å². The fourth-order valence-electron chi connectivity index (χ4n) is 21.6. The van der Waals surface area contributed by atoms with Crippen molar-refractivity contribution < 1.29 is 0 Å². The third kappa shape index (κ3) is 8.79. The number of rotatable bonds is 7. The Kier molecular flexibility index (Phi) is 12.5. The SMILES string of the molecule is O=c1c2cccc3c(-c4ccc5ccccc5c4)ccc(c32)c2nc3c(-c4ccc5ccccc5c4)cc(-c4cc(-c5ccc6ccc7cc(-c8cc(-c9cc%10ccc%11cccc%12ccc(c9)c%10c%11%12)cc9c8nc8c%10ccc(-c%11cc%12ccc%13cccc%14ccc(c%11)c%12c%13%14)c%11cccc(c(=O)n98)c%11%10)cc8ccc5c6c78)c5ccccc5c4)cc3n12. The zero-order valence-electron chi connectivity index (χ0n) is 64.2. The van der Waals surface area contributed by atoms with Crippen LogP contribution >= 0.6 is 0 Å². The van der Waals surface area contributed by atoms with E-state index in [1.165, 1.54) is 86.2 Å². The van der Waals surface area contributed by atoms with E-state index in [9.17, 15) is 0 Å². The molecule has 0 atom stereocenters. The van der Waals surface area contributed by atoms with Gasteiger partial charge in [-0.3, -0.25) is 18.4 Å². The van der Waals surface area contributed by atoms with E-state index < -0.39 is 0 Å². The van der Waals surface area contributed by atoms with E-state index in [1.807, 2.05) is 33.1 Å². The summed E-state index contributed by atoms with van der Waals surface area (Å²) < 4.78 is 3.78. The van der Waals surface area contributed by atoms with Gasteiger partial charge in [0.05, 0.1) is 22.1 Å². The highest BCUT2D eigenvalue weighted by Crippen LogP contribution is 2.50. The van der Waals surface area contributed by atoms with Gasteiger partial charge in [-0.2, -0.15) is 0 Å². The highest BCUT2D eigenvalue weighted by atomic mass is 16.1. The summed E-state index contributed by atoms with van der Waals surface area (Å²) in [7, 11) is 0. The van der Waals surface area contributed by atoms with Gasteiger partial charge in [0, 0.05) is 43.4 Å². The van der Waals surface area contributed by atoms with Crippen LogP contribution in [0.25, 0.3) is 284 Å². The summed E-state index contributed by atoms with van der Waals surface area (Å²) >= 11 is 0. The molecule has 4 aromatic heterocycles. The number of benzene rings is 24. The van der Waals surface area contributed by atoms with Gasteiger partial charge >= 0.3 is 0 Å². The summed E-state index contributed by atoms with van der Waals surface area (Å²) in [5.41, 5.74) is 18.7. The van der Waals surface area contributed by atoms with Crippen molar-refractivity contribution >= 4 is 206 Å². The van der Waals surface area contributed by atoms with Crippen LogP contribution in [0.4, 0.5) is 0 Å². The van der Waals surface area contributed by atoms with Gasteiger partial charge in [0.15, 0.2) is 0 Å². The maximum atomic E-state index is 16.0. The van der Waals surface area contributed by atoms with Crippen molar-refractivity contribution in [2.24, 2.45) is 0 Å². The van der Waals surface area contributed by atoms with Crippen LogP contribution in [0.3, 0.4) is 0 Å². The molecule has 0 aliphatic carbocycles. The molecule has 6 nitrogen and oxygen atoms in total. The first kappa shape index (κ1) is 64.3. The fourth-order valence-corrected chi connectivity index (χ4v) is 21.6. The minimum absolute atomic E-state index is 0.0983. The number of hydrogen-bond donors (Lipinski definition) is 0. The lowest BCUT2D eigenvalue weighted by atomic mass is 9.85. The van der Waals surface area contributed by atoms with Crippen molar-refractivity contribution in [2.45, 2.75) is 0 Å². The Labute approximate surface area is 682 Å². The summed E-state index contributed by atoms with van der Waals surface area (Å²) in [6, 6.07) is 133. The van der Waals surface area contributed by atoms with Crippen molar-refractivity contribution in [1.29, 1.82) is 0 Å². The Morgan fingerprint density at radius 1 is 0.167 bits per heavy atom. The number of imidazole rings is 2. The summed E-state index contributed by atoms with van der Waals surface area (Å²) in [5.74, 6) is 0. The molecule has 28 aromatic rings. The van der Waals surface area contributed by atoms with Crippen LogP contribution in [-0.4, -0.2) is 18.8 Å². The minimum Gasteiger partial charge on any atom is -0.268 e. The van der Waals surface area contributed by atoms with E-state index in [0.29, 0.717) is 22.1 Å². The minimum atomic E-state index is -0.0997. The first-order valence-electron chi connectivity index (χ1n) is 41.2. The van der Waals surface area contributed by atoms with Crippen LogP contribution in [0.1, 0.15) is 0 Å². The molecule has 0 saturated heterocycles.